The Kier molecular flexibility index (Phi) is 3.85. The van der Waals surface area contributed by atoms with E-state index in [9.17, 15) is 0 Å². The quantitative estimate of drug-likeness (QED) is 0.925. The van der Waals surface area contributed by atoms with Gasteiger partial charge in [0, 0.05) is 23.7 Å². The molecule has 1 atom stereocenters. The highest BCUT2D eigenvalue weighted by Gasteiger charge is 2.18. The van der Waals surface area contributed by atoms with Crippen LogP contribution in [0.1, 0.15) is 29.3 Å². The van der Waals surface area contributed by atoms with Gasteiger partial charge in [0.25, 0.3) is 0 Å². The Bertz CT molecular complexity index is 521. The minimum atomic E-state index is 0.117. The summed E-state index contributed by atoms with van der Waals surface area (Å²) in [6.07, 6.45) is 3.73. The molecule has 3 rings (SSSR count). The highest BCUT2D eigenvalue weighted by molar-refractivity contribution is 7.10. The summed E-state index contributed by atoms with van der Waals surface area (Å²) in [5.41, 5.74) is 9.20. The van der Waals surface area contributed by atoms with Crippen LogP contribution in [0, 0.1) is 0 Å². The zero-order chi connectivity index (χ0) is 13.1. The van der Waals surface area contributed by atoms with E-state index in [0.717, 1.165) is 13.1 Å². The molecule has 3 heteroatoms. The van der Waals surface area contributed by atoms with Gasteiger partial charge in [-0.3, -0.25) is 0 Å². The van der Waals surface area contributed by atoms with Crippen LogP contribution >= 0.6 is 11.3 Å². The molecule has 0 spiro atoms. The van der Waals surface area contributed by atoms with Gasteiger partial charge < -0.3 is 10.6 Å². The summed E-state index contributed by atoms with van der Waals surface area (Å²) in [6.45, 7) is 2.04. The number of benzene rings is 1. The number of hydrogen-bond acceptors (Lipinski definition) is 3. The van der Waals surface area contributed by atoms with Crippen LogP contribution in [0.25, 0.3) is 0 Å². The Morgan fingerprint density at radius 3 is 2.89 bits per heavy atom. The Morgan fingerprint density at radius 1 is 1.16 bits per heavy atom. The number of hydrogen-bond donors (Lipinski definition) is 1. The molecule has 2 N–H and O–H groups in total. The van der Waals surface area contributed by atoms with Gasteiger partial charge in [0.15, 0.2) is 0 Å². The molecule has 0 fully saturated rings. The molecular weight excluding hydrogens is 252 g/mol. The molecular formula is C16H20N2S. The van der Waals surface area contributed by atoms with Crippen molar-refractivity contribution in [1.82, 2.24) is 0 Å². The summed E-state index contributed by atoms with van der Waals surface area (Å²) in [4.78, 5) is 3.74. The zero-order valence-corrected chi connectivity index (χ0v) is 11.9. The molecule has 0 bridgehead atoms. The largest absolute Gasteiger partial charge is 0.369 e. The molecule has 1 aliphatic heterocycles. The number of rotatable bonds is 3. The maximum atomic E-state index is 6.35. The minimum absolute atomic E-state index is 0.117. The number of nitrogens with two attached hydrogens (primary N) is 1. The van der Waals surface area contributed by atoms with E-state index in [4.69, 9.17) is 5.73 Å². The van der Waals surface area contributed by atoms with Gasteiger partial charge in [0.1, 0.15) is 0 Å². The molecule has 0 saturated carbocycles. The Balaban J connectivity index is 1.80. The maximum Gasteiger partial charge on any atom is 0.0567 e. The fourth-order valence-electron chi connectivity index (χ4n) is 2.79. The van der Waals surface area contributed by atoms with E-state index in [-0.39, 0.29) is 6.04 Å². The highest BCUT2D eigenvalue weighted by atomic mass is 32.1. The second-order valence-electron chi connectivity index (χ2n) is 5.15. The summed E-state index contributed by atoms with van der Waals surface area (Å²) >= 11 is 1.75. The molecule has 1 unspecified atom stereocenters. The second-order valence-corrected chi connectivity index (χ2v) is 6.13. The molecule has 1 aromatic carbocycles. The van der Waals surface area contributed by atoms with Gasteiger partial charge >= 0.3 is 0 Å². The van der Waals surface area contributed by atoms with E-state index in [2.05, 4.69) is 46.7 Å². The Labute approximate surface area is 118 Å². The van der Waals surface area contributed by atoms with Crippen molar-refractivity contribution in [2.45, 2.75) is 25.3 Å². The minimum Gasteiger partial charge on any atom is -0.369 e. The Hall–Kier alpha value is -1.32. The van der Waals surface area contributed by atoms with Crippen molar-refractivity contribution in [3.63, 3.8) is 0 Å². The van der Waals surface area contributed by atoms with E-state index in [1.54, 1.807) is 11.3 Å². The zero-order valence-electron chi connectivity index (χ0n) is 11.1. The fraction of sp³-hybridized carbons (Fsp3) is 0.375. The molecule has 0 saturated heterocycles. The number of fused-ring (bicyclic) bond motifs is 1. The van der Waals surface area contributed by atoms with Crippen molar-refractivity contribution in [2.75, 3.05) is 18.0 Å². The van der Waals surface area contributed by atoms with Gasteiger partial charge in [0.05, 0.1) is 6.04 Å². The molecule has 0 radical (unpaired) electrons. The fourth-order valence-corrected chi connectivity index (χ4v) is 3.51. The lowest BCUT2D eigenvalue weighted by Crippen LogP contribution is -2.32. The summed E-state index contributed by atoms with van der Waals surface area (Å²) in [6, 6.07) is 13.1. The first-order chi connectivity index (χ1) is 9.34. The third-order valence-corrected chi connectivity index (χ3v) is 4.79. The predicted octanol–water partition coefficient (Wildman–Crippen LogP) is 3.59. The van der Waals surface area contributed by atoms with Crippen LogP contribution in [0.15, 0.2) is 41.8 Å². The van der Waals surface area contributed by atoms with Gasteiger partial charge in [-0.05, 0) is 42.3 Å². The molecule has 0 amide bonds. The maximum absolute atomic E-state index is 6.35. The summed E-state index contributed by atoms with van der Waals surface area (Å²) in [5.74, 6) is 0. The molecule has 2 heterocycles. The molecule has 2 nitrogen and oxygen atoms in total. The van der Waals surface area contributed by atoms with Crippen molar-refractivity contribution in [3.05, 3.63) is 52.2 Å². The SMILES string of the molecule is NC(CN1CCCCc2ccccc21)c1cccs1. The van der Waals surface area contributed by atoms with Gasteiger partial charge in [-0.1, -0.05) is 24.3 Å². The van der Waals surface area contributed by atoms with Gasteiger partial charge in [-0.25, -0.2) is 0 Å². The van der Waals surface area contributed by atoms with Crippen molar-refractivity contribution in [1.29, 1.82) is 0 Å². The topological polar surface area (TPSA) is 29.3 Å². The first-order valence-electron chi connectivity index (χ1n) is 6.96. The lowest BCUT2D eigenvalue weighted by Gasteiger charge is -2.27. The number of nitrogens with zero attached hydrogens (tertiary/aromatic N) is 1. The average Bonchev–Trinajstić information content (AvgIpc) is 2.90. The van der Waals surface area contributed by atoms with Crippen LogP contribution in [0.4, 0.5) is 5.69 Å². The van der Waals surface area contributed by atoms with Crippen LogP contribution in [0.2, 0.25) is 0 Å². The second kappa shape index (κ2) is 5.76. The first-order valence-corrected chi connectivity index (χ1v) is 7.84. The Morgan fingerprint density at radius 2 is 2.05 bits per heavy atom. The van der Waals surface area contributed by atoms with E-state index in [1.165, 1.54) is 35.4 Å². The van der Waals surface area contributed by atoms with Crippen LogP contribution in [0.3, 0.4) is 0 Å². The van der Waals surface area contributed by atoms with Gasteiger partial charge in [-0.15, -0.1) is 11.3 Å². The third-order valence-electron chi connectivity index (χ3n) is 3.78. The molecule has 2 aromatic rings. The van der Waals surface area contributed by atoms with E-state index < -0.39 is 0 Å². The number of para-hydroxylation sites is 1. The normalized spacial score (nSPS) is 16.8. The van der Waals surface area contributed by atoms with Crippen molar-refractivity contribution >= 4 is 17.0 Å². The van der Waals surface area contributed by atoms with E-state index in [0.29, 0.717) is 0 Å². The van der Waals surface area contributed by atoms with E-state index in [1.807, 2.05) is 0 Å². The summed E-state index contributed by atoms with van der Waals surface area (Å²) in [7, 11) is 0. The van der Waals surface area contributed by atoms with Crippen molar-refractivity contribution < 1.29 is 0 Å². The van der Waals surface area contributed by atoms with Crippen LogP contribution in [0.5, 0.6) is 0 Å². The van der Waals surface area contributed by atoms with Gasteiger partial charge in [0.2, 0.25) is 0 Å². The number of aryl methyl sites for hydroxylation is 1. The lowest BCUT2D eigenvalue weighted by molar-refractivity contribution is 0.652. The van der Waals surface area contributed by atoms with Crippen molar-refractivity contribution in [3.8, 4) is 0 Å². The standard InChI is InChI=1S/C16H20N2S/c17-14(16-9-5-11-19-16)12-18-10-4-3-7-13-6-1-2-8-15(13)18/h1-2,5-6,8-9,11,14H,3-4,7,10,12,17H2. The van der Waals surface area contributed by atoms with E-state index >= 15 is 0 Å². The molecule has 19 heavy (non-hydrogen) atoms. The smallest absolute Gasteiger partial charge is 0.0567 e. The third kappa shape index (κ3) is 2.82. The molecule has 100 valence electrons. The van der Waals surface area contributed by atoms with Crippen LogP contribution in [-0.4, -0.2) is 13.1 Å². The summed E-state index contributed by atoms with van der Waals surface area (Å²) < 4.78 is 0. The molecule has 1 aromatic heterocycles. The van der Waals surface area contributed by atoms with Crippen LogP contribution < -0.4 is 10.6 Å². The van der Waals surface area contributed by atoms with Crippen molar-refractivity contribution in [2.24, 2.45) is 5.73 Å². The number of thiophene rings is 1. The monoisotopic (exact) mass is 272 g/mol. The molecule has 0 aliphatic carbocycles. The average molecular weight is 272 g/mol. The number of anilines is 1. The van der Waals surface area contributed by atoms with Crippen LogP contribution in [-0.2, 0) is 6.42 Å². The van der Waals surface area contributed by atoms with Gasteiger partial charge in [-0.2, -0.15) is 0 Å². The first kappa shape index (κ1) is 12.7. The predicted molar refractivity (Wildman–Crippen MR) is 82.8 cm³/mol. The highest BCUT2D eigenvalue weighted by Crippen LogP contribution is 2.28. The molecule has 1 aliphatic rings. The summed E-state index contributed by atoms with van der Waals surface area (Å²) in [5, 5.41) is 2.10. The lowest BCUT2D eigenvalue weighted by atomic mass is 10.1.